The third-order valence-electron chi connectivity index (χ3n) is 3.45. The molecule has 0 saturated carbocycles. The first kappa shape index (κ1) is 13.6. The van der Waals surface area contributed by atoms with Crippen LogP contribution in [0.25, 0.3) is 11.3 Å². The van der Waals surface area contributed by atoms with E-state index in [1.165, 1.54) is 4.40 Å². The number of hydrogen-bond donors (Lipinski definition) is 1. The van der Waals surface area contributed by atoms with Gasteiger partial charge in [-0.1, -0.05) is 6.07 Å². The molecule has 1 aromatic carbocycles. The zero-order valence-electron chi connectivity index (χ0n) is 12.4. The Balaban J connectivity index is 2.41. The number of aryl methyl sites for hydroxylation is 2. The summed E-state index contributed by atoms with van der Waals surface area (Å²) in [4.78, 5) is 17.3. The quantitative estimate of drug-likeness (QED) is 0.783. The molecule has 0 fully saturated rings. The second kappa shape index (κ2) is 4.86. The molecule has 0 amide bonds. The van der Waals surface area contributed by atoms with E-state index in [0.29, 0.717) is 11.5 Å². The maximum atomic E-state index is 12.8. The average molecular weight is 282 g/mol. The van der Waals surface area contributed by atoms with Crippen molar-refractivity contribution in [1.29, 1.82) is 0 Å². The summed E-state index contributed by atoms with van der Waals surface area (Å²) in [6, 6.07) is 9.29. The summed E-state index contributed by atoms with van der Waals surface area (Å²) in [5.74, 6) is 0.566. The molecule has 5 heteroatoms. The number of fused-ring (bicyclic) bond motifs is 1. The van der Waals surface area contributed by atoms with Crippen molar-refractivity contribution in [2.75, 3.05) is 0 Å². The van der Waals surface area contributed by atoms with Crippen LogP contribution in [0.2, 0.25) is 0 Å². The van der Waals surface area contributed by atoms with Gasteiger partial charge in [0, 0.05) is 6.20 Å². The Bertz CT molecular complexity index is 853. The first-order valence-corrected chi connectivity index (χ1v) is 6.91. The number of rotatable bonds is 2. The van der Waals surface area contributed by atoms with E-state index in [1.807, 2.05) is 32.9 Å². The third-order valence-corrected chi connectivity index (χ3v) is 3.45. The monoisotopic (exact) mass is 282 g/mol. The fourth-order valence-electron chi connectivity index (χ4n) is 2.63. The molecule has 2 heterocycles. The van der Waals surface area contributed by atoms with Crippen molar-refractivity contribution < 1.29 is 0 Å². The van der Waals surface area contributed by atoms with Crippen LogP contribution >= 0.6 is 0 Å². The third kappa shape index (κ3) is 2.25. The fraction of sp³-hybridized carbons (Fsp3) is 0.250. The summed E-state index contributed by atoms with van der Waals surface area (Å²) < 4.78 is 3.13. The normalized spacial score (nSPS) is 12.8. The van der Waals surface area contributed by atoms with Crippen molar-refractivity contribution >= 4 is 5.65 Å². The fourth-order valence-corrected chi connectivity index (χ4v) is 2.63. The van der Waals surface area contributed by atoms with E-state index in [-0.39, 0.29) is 11.7 Å². The van der Waals surface area contributed by atoms with Gasteiger partial charge in [0.1, 0.15) is 11.5 Å². The van der Waals surface area contributed by atoms with Gasteiger partial charge in [0.15, 0.2) is 0 Å². The Labute approximate surface area is 122 Å². The lowest BCUT2D eigenvalue weighted by Gasteiger charge is -2.16. The first-order valence-electron chi connectivity index (χ1n) is 6.91. The van der Waals surface area contributed by atoms with Crippen LogP contribution in [-0.2, 0) is 0 Å². The molecular formula is C16H18N4O. The predicted octanol–water partition coefficient (Wildman–Crippen LogP) is 2.12. The molecule has 0 saturated heterocycles. The van der Waals surface area contributed by atoms with Gasteiger partial charge in [0.05, 0.1) is 11.7 Å². The molecule has 0 radical (unpaired) electrons. The molecule has 0 unspecified atom stereocenters. The number of nitrogens with two attached hydrogens (primary N) is 1. The Morgan fingerprint density at radius 3 is 2.48 bits per heavy atom. The van der Waals surface area contributed by atoms with Gasteiger partial charge < -0.3 is 5.73 Å². The molecule has 1 atom stereocenters. The standard InChI is InChI=1S/C16H18N4O/c1-10-7-11(2)9-13(8-10)20-15(12(3)17)18-14-5-4-6-19(14)16(20)21/h4-9,12H,17H2,1-3H3/t12-/m0/s1. The topological polar surface area (TPSA) is 65.3 Å². The minimum atomic E-state index is -0.335. The molecule has 0 aliphatic heterocycles. The van der Waals surface area contributed by atoms with Gasteiger partial charge in [-0.05, 0) is 56.2 Å². The molecule has 2 N–H and O–H groups in total. The lowest BCUT2D eigenvalue weighted by molar-refractivity contribution is 0.667. The highest BCUT2D eigenvalue weighted by atomic mass is 16.1. The molecule has 3 aromatic rings. The molecule has 5 nitrogen and oxygen atoms in total. The summed E-state index contributed by atoms with van der Waals surface area (Å²) in [6.07, 6.45) is 1.72. The lowest BCUT2D eigenvalue weighted by Crippen LogP contribution is -2.31. The summed E-state index contributed by atoms with van der Waals surface area (Å²) in [6.45, 7) is 5.85. The van der Waals surface area contributed by atoms with Crippen molar-refractivity contribution in [3.8, 4) is 5.69 Å². The highest BCUT2D eigenvalue weighted by Crippen LogP contribution is 2.16. The zero-order chi connectivity index (χ0) is 15.1. The molecule has 108 valence electrons. The number of nitrogens with zero attached hydrogens (tertiary/aromatic N) is 3. The lowest BCUT2D eigenvalue weighted by atomic mass is 10.1. The summed E-state index contributed by atoms with van der Waals surface area (Å²) in [7, 11) is 0. The van der Waals surface area contributed by atoms with Gasteiger partial charge in [0.25, 0.3) is 0 Å². The molecule has 0 aliphatic carbocycles. The van der Waals surface area contributed by atoms with Gasteiger partial charge in [-0.25, -0.2) is 14.3 Å². The van der Waals surface area contributed by atoms with Crippen LogP contribution in [0.3, 0.4) is 0 Å². The van der Waals surface area contributed by atoms with E-state index < -0.39 is 0 Å². The largest absolute Gasteiger partial charge is 0.339 e. The van der Waals surface area contributed by atoms with E-state index >= 15 is 0 Å². The van der Waals surface area contributed by atoms with E-state index in [1.54, 1.807) is 22.9 Å². The molecular weight excluding hydrogens is 264 g/mol. The van der Waals surface area contributed by atoms with Crippen molar-refractivity contribution in [1.82, 2.24) is 14.0 Å². The van der Waals surface area contributed by atoms with Gasteiger partial charge in [-0.2, -0.15) is 0 Å². The van der Waals surface area contributed by atoms with Gasteiger partial charge in [-0.15, -0.1) is 0 Å². The molecule has 21 heavy (non-hydrogen) atoms. The highest BCUT2D eigenvalue weighted by Gasteiger charge is 2.15. The molecule has 0 spiro atoms. The summed E-state index contributed by atoms with van der Waals surface area (Å²) >= 11 is 0. The maximum Gasteiger partial charge on any atom is 0.339 e. The Morgan fingerprint density at radius 2 is 1.86 bits per heavy atom. The van der Waals surface area contributed by atoms with Crippen molar-refractivity contribution in [3.63, 3.8) is 0 Å². The van der Waals surface area contributed by atoms with Crippen LogP contribution in [0.5, 0.6) is 0 Å². The van der Waals surface area contributed by atoms with Crippen LogP contribution in [0, 0.1) is 13.8 Å². The van der Waals surface area contributed by atoms with Crippen LogP contribution in [0.1, 0.15) is 29.9 Å². The number of aromatic nitrogens is 3. The van der Waals surface area contributed by atoms with E-state index in [0.717, 1.165) is 16.8 Å². The van der Waals surface area contributed by atoms with Crippen molar-refractivity contribution in [2.24, 2.45) is 5.73 Å². The Hall–Kier alpha value is -2.40. The molecule has 0 bridgehead atoms. The Kier molecular flexibility index (Phi) is 3.14. The van der Waals surface area contributed by atoms with E-state index in [9.17, 15) is 4.79 Å². The van der Waals surface area contributed by atoms with Crippen molar-refractivity contribution in [2.45, 2.75) is 26.8 Å². The second-order valence-corrected chi connectivity index (χ2v) is 5.46. The number of benzene rings is 1. The van der Waals surface area contributed by atoms with Crippen LogP contribution in [0.4, 0.5) is 0 Å². The van der Waals surface area contributed by atoms with Crippen LogP contribution < -0.4 is 11.4 Å². The van der Waals surface area contributed by atoms with Gasteiger partial charge in [0.2, 0.25) is 0 Å². The minimum absolute atomic E-state index is 0.151. The van der Waals surface area contributed by atoms with Gasteiger partial charge in [-0.3, -0.25) is 4.40 Å². The molecule has 2 aromatic heterocycles. The Morgan fingerprint density at radius 1 is 1.19 bits per heavy atom. The average Bonchev–Trinajstić information content (AvgIpc) is 2.85. The second-order valence-electron chi connectivity index (χ2n) is 5.46. The van der Waals surface area contributed by atoms with Gasteiger partial charge >= 0.3 is 5.69 Å². The van der Waals surface area contributed by atoms with E-state index in [4.69, 9.17) is 5.73 Å². The zero-order valence-corrected chi connectivity index (χ0v) is 12.4. The molecule has 3 rings (SSSR count). The minimum Gasteiger partial charge on any atom is -0.322 e. The van der Waals surface area contributed by atoms with Crippen molar-refractivity contribution in [3.05, 3.63) is 64.0 Å². The predicted molar refractivity (Wildman–Crippen MR) is 82.9 cm³/mol. The van der Waals surface area contributed by atoms with Crippen LogP contribution in [0.15, 0.2) is 41.3 Å². The smallest absolute Gasteiger partial charge is 0.322 e. The number of hydrogen-bond acceptors (Lipinski definition) is 3. The van der Waals surface area contributed by atoms with Crippen LogP contribution in [-0.4, -0.2) is 14.0 Å². The first-order chi connectivity index (χ1) is 9.97. The summed E-state index contributed by atoms with van der Waals surface area (Å²) in [5, 5.41) is 0. The maximum absolute atomic E-state index is 12.8. The SMILES string of the molecule is Cc1cc(C)cc(-n2c([C@H](C)N)nc3cccn3c2=O)c1. The highest BCUT2D eigenvalue weighted by molar-refractivity contribution is 5.44. The van der Waals surface area contributed by atoms with E-state index in [2.05, 4.69) is 11.1 Å². The molecule has 0 aliphatic rings. The summed E-state index contributed by atoms with van der Waals surface area (Å²) in [5.41, 5.74) is 9.49.